The van der Waals surface area contributed by atoms with Crippen LogP contribution in [0.2, 0.25) is 0 Å². The maximum atomic E-state index is 12.3. The second-order valence-electron chi connectivity index (χ2n) is 4.79. The van der Waals surface area contributed by atoms with Crippen LogP contribution in [0.1, 0.15) is 17.7 Å². The number of benzene rings is 2. The van der Waals surface area contributed by atoms with Gasteiger partial charge in [-0.25, -0.2) is 0 Å². The molecular weight excluding hydrogens is 320 g/mol. The number of thioether (sulfide) groups is 1. The molecule has 0 saturated carbocycles. The van der Waals surface area contributed by atoms with E-state index in [1.54, 1.807) is 12.1 Å². The lowest BCUT2D eigenvalue weighted by molar-refractivity contribution is -0.113. The molecule has 0 heterocycles. The first-order chi connectivity index (χ1) is 11.1. The molecule has 6 heteroatoms. The van der Waals surface area contributed by atoms with Crippen molar-refractivity contribution in [2.75, 3.05) is 11.1 Å². The Labute approximate surface area is 138 Å². The molecule has 0 saturated heterocycles. The van der Waals surface area contributed by atoms with Crippen LogP contribution < -0.4 is 10.1 Å². The van der Waals surface area contributed by atoms with Gasteiger partial charge >= 0.3 is 6.61 Å². The van der Waals surface area contributed by atoms with Crippen molar-refractivity contribution in [1.82, 2.24) is 0 Å². The first-order valence-electron chi connectivity index (χ1n) is 7.06. The Bertz CT molecular complexity index is 638. The summed E-state index contributed by atoms with van der Waals surface area (Å²) in [5.41, 5.74) is 1.37. The number of alkyl halides is 2. The Morgan fingerprint density at radius 1 is 1.13 bits per heavy atom. The molecule has 0 aliphatic carbocycles. The Morgan fingerprint density at radius 2 is 1.78 bits per heavy atom. The van der Waals surface area contributed by atoms with Gasteiger partial charge in [-0.2, -0.15) is 8.78 Å². The van der Waals surface area contributed by atoms with E-state index in [2.05, 4.69) is 10.1 Å². The molecule has 0 radical (unpaired) electrons. The molecule has 122 valence electrons. The van der Waals surface area contributed by atoms with E-state index in [1.807, 2.05) is 37.3 Å². The van der Waals surface area contributed by atoms with Gasteiger partial charge < -0.3 is 10.1 Å². The summed E-state index contributed by atoms with van der Waals surface area (Å²) in [4.78, 5) is 12.0. The van der Waals surface area contributed by atoms with Gasteiger partial charge in [-0.15, -0.1) is 11.8 Å². The summed E-state index contributed by atoms with van der Waals surface area (Å²) in [5.74, 6) is -0.0842. The molecule has 2 aromatic carbocycles. The van der Waals surface area contributed by atoms with Crippen LogP contribution in [0.5, 0.6) is 5.75 Å². The number of carbonyl (C=O) groups is 1. The highest BCUT2D eigenvalue weighted by molar-refractivity contribution is 8.00. The van der Waals surface area contributed by atoms with E-state index in [1.165, 1.54) is 23.9 Å². The maximum Gasteiger partial charge on any atom is 0.387 e. The number of rotatable bonds is 7. The first kappa shape index (κ1) is 17.3. The van der Waals surface area contributed by atoms with E-state index in [9.17, 15) is 13.6 Å². The van der Waals surface area contributed by atoms with E-state index >= 15 is 0 Å². The van der Waals surface area contributed by atoms with Crippen molar-refractivity contribution < 1.29 is 18.3 Å². The predicted molar refractivity (Wildman–Crippen MR) is 89.0 cm³/mol. The van der Waals surface area contributed by atoms with Crippen LogP contribution in [0.25, 0.3) is 0 Å². The summed E-state index contributed by atoms with van der Waals surface area (Å²) in [7, 11) is 0. The van der Waals surface area contributed by atoms with Gasteiger partial charge in [0.1, 0.15) is 5.75 Å². The monoisotopic (exact) mass is 337 g/mol. The number of nitrogens with one attached hydrogen (secondary N) is 1. The second kappa shape index (κ2) is 8.53. The van der Waals surface area contributed by atoms with Crippen molar-refractivity contribution in [3.63, 3.8) is 0 Å². The van der Waals surface area contributed by atoms with E-state index in [0.717, 1.165) is 5.56 Å². The van der Waals surface area contributed by atoms with E-state index in [0.29, 0.717) is 0 Å². The van der Waals surface area contributed by atoms with Gasteiger partial charge in [0.25, 0.3) is 0 Å². The largest absolute Gasteiger partial charge is 0.433 e. The number of hydrogen-bond donors (Lipinski definition) is 1. The van der Waals surface area contributed by atoms with Crippen LogP contribution in [0.4, 0.5) is 14.5 Å². The summed E-state index contributed by atoms with van der Waals surface area (Å²) >= 11 is 1.48. The Hall–Kier alpha value is -2.08. The number of halogens is 2. The van der Waals surface area contributed by atoms with Crippen LogP contribution in [0, 0.1) is 0 Å². The third-order valence-electron chi connectivity index (χ3n) is 3.11. The van der Waals surface area contributed by atoms with Crippen LogP contribution in [-0.2, 0) is 4.79 Å². The number of anilines is 1. The van der Waals surface area contributed by atoms with Gasteiger partial charge in [0.15, 0.2) is 0 Å². The minimum absolute atomic E-state index is 0.0445. The molecule has 0 unspecified atom stereocenters. The van der Waals surface area contributed by atoms with E-state index < -0.39 is 6.61 Å². The molecule has 1 amide bonds. The highest BCUT2D eigenvalue weighted by Crippen LogP contribution is 2.29. The summed E-state index contributed by atoms with van der Waals surface area (Å²) in [6.45, 7) is -0.915. The van der Waals surface area contributed by atoms with Crippen molar-refractivity contribution in [3.05, 3.63) is 60.2 Å². The van der Waals surface area contributed by atoms with Gasteiger partial charge in [0.2, 0.25) is 5.91 Å². The average Bonchev–Trinajstić information content (AvgIpc) is 2.55. The third kappa shape index (κ3) is 5.56. The molecule has 3 nitrogen and oxygen atoms in total. The highest BCUT2D eigenvalue weighted by atomic mass is 32.2. The first-order valence-corrected chi connectivity index (χ1v) is 8.11. The Morgan fingerprint density at radius 3 is 2.48 bits per heavy atom. The zero-order valence-corrected chi connectivity index (χ0v) is 13.4. The molecule has 2 rings (SSSR count). The van der Waals surface area contributed by atoms with Crippen molar-refractivity contribution in [1.29, 1.82) is 0 Å². The number of amides is 1. The number of hydrogen-bond acceptors (Lipinski definition) is 3. The fourth-order valence-electron chi connectivity index (χ4n) is 1.98. The SMILES string of the molecule is C[C@@H](SCC(=O)Nc1ccccc1OC(F)F)c1ccccc1. The van der Waals surface area contributed by atoms with Crippen LogP contribution in [0.3, 0.4) is 0 Å². The molecule has 0 bridgehead atoms. The average molecular weight is 337 g/mol. The molecule has 0 aliphatic heterocycles. The molecule has 0 fully saturated rings. The predicted octanol–water partition coefficient (Wildman–Crippen LogP) is 4.72. The number of para-hydroxylation sites is 2. The van der Waals surface area contributed by atoms with Crippen LogP contribution in [-0.4, -0.2) is 18.3 Å². The minimum atomic E-state index is -2.93. The summed E-state index contributed by atoms with van der Waals surface area (Å²) in [6.07, 6.45) is 0. The van der Waals surface area contributed by atoms with Gasteiger partial charge in [-0.3, -0.25) is 4.79 Å². The highest BCUT2D eigenvalue weighted by Gasteiger charge is 2.13. The van der Waals surface area contributed by atoms with Gasteiger partial charge in [0.05, 0.1) is 11.4 Å². The zero-order valence-electron chi connectivity index (χ0n) is 12.5. The standard InChI is InChI=1S/C17H17F2NO2S/c1-12(13-7-3-2-4-8-13)23-11-16(21)20-14-9-5-6-10-15(14)22-17(18)19/h2-10,12,17H,11H2,1H3,(H,20,21)/t12-/m1/s1. The number of ether oxygens (including phenoxy) is 1. The quantitative estimate of drug-likeness (QED) is 0.794. The van der Waals surface area contributed by atoms with Crippen molar-refractivity contribution in [2.45, 2.75) is 18.8 Å². The topological polar surface area (TPSA) is 38.3 Å². The molecule has 2 aromatic rings. The van der Waals surface area contributed by atoms with Crippen molar-refractivity contribution >= 4 is 23.4 Å². The van der Waals surface area contributed by atoms with Gasteiger partial charge in [-0.05, 0) is 24.6 Å². The lowest BCUT2D eigenvalue weighted by Crippen LogP contribution is -2.16. The van der Waals surface area contributed by atoms with Crippen molar-refractivity contribution in [2.24, 2.45) is 0 Å². The molecule has 1 atom stereocenters. The molecule has 0 spiro atoms. The maximum absolute atomic E-state index is 12.3. The summed E-state index contributed by atoms with van der Waals surface area (Å²) in [6, 6.07) is 16.0. The molecule has 0 aromatic heterocycles. The molecule has 0 aliphatic rings. The Balaban J connectivity index is 1.90. The lowest BCUT2D eigenvalue weighted by atomic mass is 10.2. The van der Waals surface area contributed by atoms with Crippen molar-refractivity contribution in [3.8, 4) is 5.75 Å². The fraction of sp³-hybridized carbons (Fsp3) is 0.235. The lowest BCUT2D eigenvalue weighted by Gasteiger charge is -2.13. The normalized spacial score (nSPS) is 12.0. The zero-order chi connectivity index (χ0) is 16.7. The third-order valence-corrected chi connectivity index (χ3v) is 4.31. The Kier molecular flexibility index (Phi) is 6.40. The summed E-state index contributed by atoms with van der Waals surface area (Å²) < 4.78 is 29.1. The van der Waals surface area contributed by atoms with E-state index in [4.69, 9.17) is 0 Å². The number of carbonyl (C=O) groups excluding carboxylic acids is 1. The molecule has 23 heavy (non-hydrogen) atoms. The van der Waals surface area contributed by atoms with Crippen LogP contribution >= 0.6 is 11.8 Å². The minimum Gasteiger partial charge on any atom is -0.433 e. The molecular formula is C17H17F2NO2S. The summed E-state index contributed by atoms with van der Waals surface area (Å²) in [5, 5.41) is 2.77. The second-order valence-corrected chi connectivity index (χ2v) is 6.12. The fourth-order valence-corrected chi connectivity index (χ4v) is 2.80. The van der Waals surface area contributed by atoms with Gasteiger partial charge in [0, 0.05) is 5.25 Å². The van der Waals surface area contributed by atoms with Crippen LogP contribution in [0.15, 0.2) is 54.6 Å². The molecule has 1 N–H and O–H groups in total. The van der Waals surface area contributed by atoms with E-state index in [-0.39, 0.29) is 28.3 Å². The smallest absolute Gasteiger partial charge is 0.387 e. The van der Waals surface area contributed by atoms with Gasteiger partial charge in [-0.1, -0.05) is 42.5 Å².